The summed E-state index contributed by atoms with van der Waals surface area (Å²) < 4.78 is 28.3. The van der Waals surface area contributed by atoms with Crippen molar-refractivity contribution in [2.24, 2.45) is 0 Å². The van der Waals surface area contributed by atoms with Crippen molar-refractivity contribution in [3.63, 3.8) is 0 Å². The maximum absolute atomic E-state index is 14.2. The average Bonchev–Trinajstić information content (AvgIpc) is 3.07. The van der Waals surface area contributed by atoms with Crippen LogP contribution in [0.3, 0.4) is 0 Å². The molecule has 0 amide bonds. The van der Waals surface area contributed by atoms with Crippen molar-refractivity contribution >= 4 is 26.9 Å². The normalized spacial score (nSPS) is 16.6. The first-order valence-corrected chi connectivity index (χ1v) is 16.4. The standard InChI is InChI=1S/C40H31NO2S/c1-39(2)33-21-11-14-24-37(33)44(42,43)38-27-30(25-26-34(38)39)41-35-22-12-9-19-31(35)40(28-15-5-3-6-16-28,29-17-7-4-8-18-29)32-20-10-13-23-36(32)41/h3-27H,1-2H3. The lowest BCUT2D eigenvalue weighted by Crippen LogP contribution is -2.37. The minimum absolute atomic E-state index is 0.372. The Labute approximate surface area is 259 Å². The van der Waals surface area contributed by atoms with E-state index >= 15 is 0 Å². The summed E-state index contributed by atoms with van der Waals surface area (Å²) in [5, 5.41) is 0. The van der Waals surface area contributed by atoms with Gasteiger partial charge in [0.25, 0.3) is 0 Å². The molecule has 0 atom stereocenters. The third-order valence-corrected chi connectivity index (χ3v) is 11.4. The van der Waals surface area contributed by atoms with Crippen LogP contribution in [0.4, 0.5) is 17.1 Å². The van der Waals surface area contributed by atoms with Gasteiger partial charge in [-0.2, -0.15) is 0 Å². The summed E-state index contributed by atoms with van der Waals surface area (Å²) in [6.07, 6.45) is 0. The van der Waals surface area contributed by atoms with E-state index in [1.165, 1.54) is 11.1 Å². The quantitative estimate of drug-likeness (QED) is 0.206. The lowest BCUT2D eigenvalue weighted by atomic mass is 9.62. The van der Waals surface area contributed by atoms with Crippen molar-refractivity contribution < 1.29 is 8.42 Å². The topological polar surface area (TPSA) is 37.4 Å². The number of hydrogen-bond donors (Lipinski definition) is 0. The van der Waals surface area contributed by atoms with Gasteiger partial charge in [0.2, 0.25) is 9.84 Å². The van der Waals surface area contributed by atoms with Gasteiger partial charge in [-0.15, -0.1) is 0 Å². The van der Waals surface area contributed by atoms with E-state index in [1.807, 2.05) is 30.3 Å². The molecule has 0 aliphatic carbocycles. The minimum atomic E-state index is -3.72. The number of hydrogen-bond acceptors (Lipinski definition) is 3. The monoisotopic (exact) mass is 589 g/mol. The first-order chi connectivity index (χ1) is 21.4. The molecule has 214 valence electrons. The summed E-state index contributed by atoms with van der Waals surface area (Å²) >= 11 is 0. The van der Waals surface area contributed by atoms with Crippen LogP contribution in [0.2, 0.25) is 0 Å². The minimum Gasteiger partial charge on any atom is -0.310 e. The lowest BCUT2D eigenvalue weighted by molar-refractivity contribution is 0.555. The zero-order valence-electron chi connectivity index (χ0n) is 24.6. The molecule has 0 radical (unpaired) electrons. The van der Waals surface area contributed by atoms with Crippen LogP contribution < -0.4 is 4.90 Å². The molecule has 0 unspecified atom stereocenters. The molecule has 2 heterocycles. The van der Waals surface area contributed by atoms with Gasteiger partial charge in [-0.05, 0) is 63.7 Å². The second kappa shape index (κ2) is 9.54. The highest BCUT2D eigenvalue weighted by Crippen LogP contribution is 2.58. The van der Waals surface area contributed by atoms with E-state index in [0.29, 0.717) is 9.79 Å². The summed E-state index contributed by atoms with van der Waals surface area (Å²) in [4.78, 5) is 3.00. The van der Waals surface area contributed by atoms with Crippen LogP contribution in [0, 0.1) is 0 Å². The van der Waals surface area contributed by atoms with Gasteiger partial charge in [0.15, 0.2) is 0 Å². The molecule has 6 aromatic rings. The smallest absolute Gasteiger partial charge is 0.207 e. The maximum atomic E-state index is 14.2. The molecule has 0 bridgehead atoms. The average molecular weight is 590 g/mol. The van der Waals surface area contributed by atoms with Gasteiger partial charge < -0.3 is 4.90 Å². The molecule has 44 heavy (non-hydrogen) atoms. The van der Waals surface area contributed by atoms with Crippen LogP contribution in [0.25, 0.3) is 0 Å². The van der Waals surface area contributed by atoms with E-state index in [9.17, 15) is 8.42 Å². The molecule has 3 nitrogen and oxygen atoms in total. The molecule has 0 fully saturated rings. The van der Waals surface area contributed by atoms with Crippen molar-refractivity contribution in [2.75, 3.05) is 4.90 Å². The molecular formula is C40H31NO2S. The van der Waals surface area contributed by atoms with Crippen LogP contribution in [0.1, 0.15) is 47.2 Å². The van der Waals surface area contributed by atoms with Crippen LogP contribution in [-0.4, -0.2) is 8.42 Å². The molecule has 0 N–H and O–H groups in total. The van der Waals surface area contributed by atoms with Crippen molar-refractivity contribution in [1.29, 1.82) is 0 Å². The number of para-hydroxylation sites is 2. The van der Waals surface area contributed by atoms with Crippen LogP contribution in [0.5, 0.6) is 0 Å². The van der Waals surface area contributed by atoms with Gasteiger partial charge in [-0.1, -0.05) is 135 Å². The Morgan fingerprint density at radius 3 is 1.50 bits per heavy atom. The molecule has 2 aliphatic rings. The van der Waals surface area contributed by atoms with Crippen LogP contribution in [0.15, 0.2) is 161 Å². The second-order valence-electron chi connectivity index (χ2n) is 12.2. The number of benzene rings is 6. The first kappa shape index (κ1) is 26.7. The summed E-state index contributed by atoms with van der Waals surface area (Å²) in [6, 6.07) is 51.8. The highest BCUT2D eigenvalue weighted by molar-refractivity contribution is 7.91. The van der Waals surface area contributed by atoms with Gasteiger partial charge in [-0.25, -0.2) is 8.42 Å². The molecule has 4 heteroatoms. The molecule has 2 aliphatic heterocycles. The van der Waals surface area contributed by atoms with E-state index < -0.39 is 20.7 Å². The summed E-state index contributed by atoms with van der Waals surface area (Å²) in [6.45, 7) is 4.22. The summed E-state index contributed by atoms with van der Waals surface area (Å²) in [5.41, 5.74) is 8.12. The summed E-state index contributed by atoms with van der Waals surface area (Å²) in [7, 11) is -3.72. The Morgan fingerprint density at radius 2 is 0.932 bits per heavy atom. The molecule has 6 aromatic carbocycles. The largest absolute Gasteiger partial charge is 0.310 e. The SMILES string of the molecule is CC1(C)c2ccccc2S(=O)(=O)c2cc(N3c4ccccc4C(c4ccccc4)(c4ccccc4)c4ccccc43)ccc21. The number of sulfone groups is 1. The molecule has 0 saturated carbocycles. The zero-order chi connectivity index (χ0) is 30.1. The Morgan fingerprint density at radius 1 is 0.477 bits per heavy atom. The molecule has 0 saturated heterocycles. The third-order valence-electron chi connectivity index (χ3n) is 9.55. The van der Waals surface area contributed by atoms with Gasteiger partial charge in [0.1, 0.15) is 0 Å². The van der Waals surface area contributed by atoms with Crippen molar-refractivity contribution in [1.82, 2.24) is 0 Å². The van der Waals surface area contributed by atoms with E-state index in [4.69, 9.17) is 0 Å². The highest BCUT2D eigenvalue weighted by atomic mass is 32.2. The Bertz CT molecular complexity index is 2080. The Kier molecular flexibility index (Phi) is 5.78. The van der Waals surface area contributed by atoms with E-state index in [1.54, 1.807) is 6.07 Å². The third kappa shape index (κ3) is 3.52. The Hall–Kier alpha value is -4.93. The second-order valence-corrected chi connectivity index (χ2v) is 14.0. The fraction of sp³-hybridized carbons (Fsp3) is 0.100. The van der Waals surface area contributed by atoms with Crippen molar-refractivity contribution in [3.05, 3.63) is 185 Å². The van der Waals surface area contributed by atoms with E-state index in [2.05, 4.69) is 134 Å². The first-order valence-electron chi connectivity index (χ1n) is 15.0. The van der Waals surface area contributed by atoms with Crippen molar-refractivity contribution in [2.45, 2.75) is 34.5 Å². The lowest BCUT2D eigenvalue weighted by Gasteiger charge is -2.46. The van der Waals surface area contributed by atoms with Gasteiger partial charge >= 0.3 is 0 Å². The summed E-state index contributed by atoms with van der Waals surface area (Å²) in [5.74, 6) is 0. The van der Waals surface area contributed by atoms with Gasteiger partial charge in [-0.3, -0.25) is 0 Å². The molecule has 8 rings (SSSR count). The van der Waals surface area contributed by atoms with Crippen LogP contribution in [-0.2, 0) is 20.7 Å². The number of rotatable bonds is 3. The number of nitrogens with zero attached hydrogens (tertiary/aromatic N) is 1. The molecule has 0 spiro atoms. The van der Waals surface area contributed by atoms with Crippen LogP contribution >= 0.6 is 0 Å². The predicted octanol–water partition coefficient (Wildman–Crippen LogP) is 9.32. The fourth-order valence-electron chi connectivity index (χ4n) is 7.56. The molecule has 0 aromatic heterocycles. The van der Waals surface area contributed by atoms with E-state index in [-0.39, 0.29) is 0 Å². The Balaban J connectivity index is 1.43. The van der Waals surface area contributed by atoms with Crippen molar-refractivity contribution in [3.8, 4) is 0 Å². The fourth-order valence-corrected chi connectivity index (χ4v) is 9.56. The van der Waals surface area contributed by atoms with Gasteiger partial charge in [0, 0.05) is 11.1 Å². The number of fused-ring (bicyclic) bond motifs is 4. The van der Waals surface area contributed by atoms with Gasteiger partial charge in [0.05, 0.1) is 26.6 Å². The molecular weight excluding hydrogens is 559 g/mol. The zero-order valence-corrected chi connectivity index (χ0v) is 25.4. The highest BCUT2D eigenvalue weighted by Gasteiger charge is 2.47. The van der Waals surface area contributed by atoms with E-state index in [0.717, 1.165) is 39.3 Å². The number of anilines is 3. The maximum Gasteiger partial charge on any atom is 0.207 e. The predicted molar refractivity (Wildman–Crippen MR) is 177 cm³/mol.